The minimum atomic E-state index is -4.70. The first kappa shape index (κ1) is 13.8. The van der Waals surface area contributed by atoms with Crippen molar-refractivity contribution in [3.63, 3.8) is 0 Å². The van der Waals surface area contributed by atoms with Gasteiger partial charge in [-0.1, -0.05) is 0 Å². The largest absolute Gasteiger partial charge is 0.481 e. The fraction of sp³-hybridized carbons (Fsp3) is 0.667. The number of carboxylic acid groups (broad SMARTS) is 2. The molecule has 0 fully saturated rings. The molecule has 0 saturated heterocycles. The van der Waals surface area contributed by atoms with Crippen molar-refractivity contribution in [1.82, 2.24) is 0 Å². The Morgan fingerprint density at radius 1 is 1.27 bits per heavy atom. The number of hydrogen-bond acceptors (Lipinski definition) is 5. The molecule has 0 amide bonds. The summed E-state index contributed by atoms with van der Waals surface area (Å²) in [6, 6.07) is 0. The van der Waals surface area contributed by atoms with Crippen LogP contribution in [-0.4, -0.2) is 41.7 Å². The third kappa shape index (κ3) is 7.85. The van der Waals surface area contributed by atoms with E-state index < -0.39 is 41.3 Å². The number of rotatable bonds is 7. The molecule has 0 spiro atoms. The summed E-state index contributed by atoms with van der Waals surface area (Å²) in [5.41, 5.74) is 0. The summed E-state index contributed by atoms with van der Waals surface area (Å²) in [6.07, 6.45) is -0.702. The van der Waals surface area contributed by atoms with Gasteiger partial charge in [-0.3, -0.25) is 14.1 Å². The Morgan fingerprint density at radius 2 is 1.80 bits per heavy atom. The summed E-state index contributed by atoms with van der Waals surface area (Å²) in [7, 11) is -4.70. The predicted molar refractivity (Wildman–Crippen MR) is 45.5 cm³/mol. The fourth-order valence-corrected chi connectivity index (χ4v) is 1.08. The van der Waals surface area contributed by atoms with Crippen molar-refractivity contribution in [3.05, 3.63) is 0 Å². The normalized spacial score (nSPS) is 13.4. The van der Waals surface area contributed by atoms with E-state index in [-0.39, 0.29) is 6.42 Å². The quantitative estimate of drug-likeness (QED) is 0.501. The van der Waals surface area contributed by atoms with Gasteiger partial charge in [0.15, 0.2) is 0 Å². The van der Waals surface area contributed by atoms with Crippen molar-refractivity contribution in [3.8, 4) is 0 Å². The number of aliphatic carboxylic acids is 2. The molecule has 0 radical (unpaired) electrons. The number of hydrogen-bond donors (Lipinski definition) is 3. The molecule has 9 heteroatoms. The Morgan fingerprint density at radius 3 is 2.13 bits per heavy atom. The van der Waals surface area contributed by atoms with Crippen LogP contribution in [0.25, 0.3) is 0 Å². The maximum atomic E-state index is 10.5. The van der Waals surface area contributed by atoms with Crippen molar-refractivity contribution in [2.45, 2.75) is 12.8 Å². The van der Waals surface area contributed by atoms with Gasteiger partial charge in [0.2, 0.25) is 0 Å². The van der Waals surface area contributed by atoms with E-state index in [0.717, 1.165) is 0 Å². The second kappa shape index (κ2) is 5.63. The minimum Gasteiger partial charge on any atom is -0.481 e. The molecule has 1 atom stereocenters. The van der Waals surface area contributed by atoms with Gasteiger partial charge in [-0.05, 0) is 6.42 Å². The summed E-state index contributed by atoms with van der Waals surface area (Å²) in [4.78, 5) is 20.6. The van der Waals surface area contributed by atoms with Gasteiger partial charge >= 0.3 is 22.3 Å². The summed E-state index contributed by atoms with van der Waals surface area (Å²) in [6.45, 7) is -0.790. The highest BCUT2D eigenvalue weighted by Gasteiger charge is 2.21. The van der Waals surface area contributed by atoms with E-state index in [0.29, 0.717) is 0 Å². The molecular formula is C6H10O8S. The maximum Gasteiger partial charge on any atom is 0.397 e. The van der Waals surface area contributed by atoms with Crippen LogP contribution in [0.15, 0.2) is 0 Å². The van der Waals surface area contributed by atoms with Crippen LogP contribution in [0.4, 0.5) is 0 Å². The first-order chi connectivity index (χ1) is 6.72. The monoisotopic (exact) mass is 242 g/mol. The first-order valence-electron chi connectivity index (χ1n) is 3.79. The lowest BCUT2D eigenvalue weighted by molar-refractivity contribution is -0.143. The Bertz CT molecular complexity index is 331. The van der Waals surface area contributed by atoms with Gasteiger partial charge in [-0.25, -0.2) is 4.18 Å². The summed E-state index contributed by atoms with van der Waals surface area (Å²) in [5, 5.41) is 16.8. The molecule has 8 nitrogen and oxygen atoms in total. The highest BCUT2D eigenvalue weighted by Crippen LogP contribution is 2.08. The SMILES string of the molecule is O=C(O)CC[C@H](COS(=O)(=O)O)C(=O)O. The van der Waals surface area contributed by atoms with Crippen LogP contribution in [0, 0.1) is 5.92 Å². The molecule has 0 aromatic heterocycles. The summed E-state index contributed by atoms with van der Waals surface area (Å²) >= 11 is 0. The van der Waals surface area contributed by atoms with E-state index in [1.807, 2.05) is 0 Å². The zero-order valence-corrected chi connectivity index (χ0v) is 8.31. The third-order valence-corrected chi connectivity index (χ3v) is 1.91. The van der Waals surface area contributed by atoms with Crippen molar-refractivity contribution in [1.29, 1.82) is 0 Å². The van der Waals surface area contributed by atoms with Crippen molar-refractivity contribution in [2.75, 3.05) is 6.61 Å². The van der Waals surface area contributed by atoms with E-state index in [1.54, 1.807) is 0 Å². The van der Waals surface area contributed by atoms with E-state index >= 15 is 0 Å². The molecular weight excluding hydrogens is 232 g/mol. The topological polar surface area (TPSA) is 138 Å². The van der Waals surface area contributed by atoms with Gasteiger partial charge in [0.1, 0.15) is 0 Å². The molecule has 0 bridgehead atoms. The second-order valence-electron chi connectivity index (χ2n) is 2.68. The maximum absolute atomic E-state index is 10.5. The average Bonchev–Trinajstić information content (AvgIpc) is 2.00. The van der Waals surface area contributed by atoms with Crippen LogP contribution in [0.2, 0.25) is 0 Å². The van der Waals surface area contributed by atoms with Gasteiger partial charge in [0.25, 0.3) is 0 Å². The van der Waals surface area contributed by atoms with Crippen LogP contribution < -0.4 is 0 Å². The van der Waals surface area contributed by atoms with Crippen molar-refractivity contribution in [2.24, 2.45) is 5.92 Å². The van der Waals surface area contributed by atoms with E-state index in [9.17, 15) is 18.0 Å². The second-order valence-corrected chi connectivity index (χ2v) is 3.77. The molecule has 15 heavy (non-hydrogen) atoms. The van der Waals surface area contributed by atoms with Crippen molar-refractivity contribution >= 4 is 22.3 Å². The highest BCUT2D eigenvalue weighted by atomic mass is 32.3. The fourth-order valence-electron chi connectivity index (χ4n) is 0.744. The number of carbonyl (C=O) groups is 2. The Balaban J connectivity index is 4.17. The molecule has 0 aliphatic carbocycles. The molecule has 0 aromatic rings. The van der Waals surface area contributed by atoms with Gasteiger partial charge in [0, 0.05) is 6.42 Å². The molecule has 0 unspecified atom stereocenters. The molecule has 0 aliphatic rings. The molecule has 3 N–H and O–H groups in total. The molecule has 0 aromatic carbocycles. The number of carboxylic acids is 2. The van der Waals surface area contributed by atoms with Gasteiger partial charge in [-0.2, -0.15) is 8.42 Å². The van der Waals surface area contributed by atoms with Gasteiger partial charge in [0.05, 0.1) is 12.5 Å². The Hall–Kier alpha value is -1.19. The highest BCUT2D eigenvalue weighted by molar-refractivity contribution is 7.80. The lowest BCUT2D eigenvalue weighted by Gasteiger charge is -2.09. The van der Waals surface area contributed by atoms with E-state index in [2.05, 4.69) is 4.18 Å². The predicted octanol–water partition coefficient (Wildman–Crippen LogP) is -0.629. The van der Waals surface area contributed by atoms with E-state index in [1.165, 1.54) is 0 Å². The van der Waals surface area contributed by atoms with Gasteiger partial charge < -0.3 is 10.2 Å². The lowest BCUT2D eigenvalue weighted by atomic mass is 10.1. The Labute approximate surface area is 85.4 Å². The van der Waals surface area contributed by atoms with Crippen LogP contribution in [0.1, 0.15) is 12.8 Å². The van der Waals surface area contributed by atoms with Crippen LogP contribution in [0.5, 0.6) is 0 Å². The molecule has 0 aliphatic heterocycles. The minimum absolute atomic E-state index is 0.278. The standard InChI is InChI=1S/C6H10O8S/c7-5(8)2-1-4(6(9)10)3-14-15(11,12)13/h4H,1-3H2,(H,7,8)(H,9,10)(H,11,12,13)/t4-/m1/s1. The van der Waals surface area contributed by atoms with E-state index in [4.69, 9.17) is 14.8 Å². The molecule has 0 rings (SSSR count). The summed E-state index contributed by atoms with van der Waals surface area (Å²) in [5.74, 6) is -3.88. The molecule has 0 saturated carbocycles. The van der Waals surface area contributed by atoms with Gasteiger partial charge in [-0.15, -0.1) is 0 Å². The average molecular weight is 242 g/mol. The summed E-state index contributed by atoms with van der Waals surface area (Å²) < 4.78 is 32.2. The third-order valence-electron chi connectivity index (χ3n) is 1.47. The molecule has 88 valence electrons. The Kier molecular flexibility index (Phi) is 5.19. The first-order valence-corrected chi connectivity index (χ1v) is 5.15. The van der Waals surface area contributed by atoms with Crippen LogP contribution in [-0.2, 0) is 24.2 Å². The smallest absolute Gasteiger partial charge is 0.397 e. The zero-order chi connectivity index (χ0) is 12.1. The van der Waals surface area contributed by atoms with Crippen LogP contribution >= 0.6 is 0 Å². The van der Waals surface area contributed by atoms with Crippen molar-refractivity contribution < 1.29 is 37.0 Å². The zero-order valence-electron chi connectivity index (χ0n) is 7.49. The van der Waals surface area contributed by atoms with Crippen LogP contribution in [0.3, 0.4) is 0 Å². The lowest BCUT2D eigenvalue weighted by Crippen LogP contribution is -2.22. The molecule has 0 heterocycles.